The standard InChI is InChI=1S/C16H23NO4/c1-4-7-13(16(19)20)17-15(18)10-21-14-9-6-5-8-12(14)11(2)3/h5-6,8-9,11,13H,4,7,10H2,1-3H3,(H,17,18)(H,19,20)/t13-/m0/s1. The zero-order valence-corrected chi connectivity index (χ0v) is 12.8. The zero-order chi connectivity index (χ0) is 15.8. The lowest BCUT2D eigenvalue weighted by atomic mass is 10.0. The molecule has 1 rings (SSSR count). The van der Waals surface area contributed by atoms with Crippen molar-refractivity contribution in [2.75, 3.05) is 6.61 Å². The second-order valence-corrected chi connectivity index (χ2v) is 5.23. The first-order valence-corrected chi connectivity index (χ1v) is 7.19. The monoisotopic (exact) mass is 293 g/mol. The number of amides is 1. The number of rotatable bonds is 8. The van der Waals surface area contributed by atoms with Crippen LogP contribution in [0, 0.1) is 0 Å². The number of carboxylic acid groups (broad SMARTS) is 1. The molecule has 0 fully saturated rings. The molecule has 1 aromatic rings. The van der Waals surface area contributed by atoms with Gasteiger partial charge in [0.05, 0.1) is 0 Å². The van der Waals surface area contributed by atoms with E-state index in [0.29, 0.717) is 18.6 Å². The number of ether oxygens (including phenoxy) is 1. The number of benzene rings is 1. The molecule has 0 bridgehead atoms. The third kappa shape index (κ3) is 5.45. The number of hydrogen-bond donors (Lipinski definition) is 2. The quantitative estimate of drug-likeness (QED) is 0.772. The van der Waals surface area contributed by atoms with Crippen LogP contribution in [0.5, 0.6) is 5.75 Å². The first-order chi connectivity index (χ1) is 9.95. The zero-order valence-electron chi connectivity index (χ0n) is 12.8. The molecule has 116 valence electrons. The van der Waals surface area contributed by atoms with Gasteiger partial charge in [0.15, 0.2) is 6.61 Å². The fourth-order valence-corrected chi connectivity index (χ4v) is 2.01. The lowest BCUT2D eigenvalue weighted by molar-refractivity contribution is -0.142. The largest absolute Gasteiger partial charge is 0.483 e. The molecule has 1 aromatic carbocycles. The second kappa shape index (κ2) is 8.29. The van der Waals surface area contributed by atoms with Gasteiger partial charge in [-0.25, -0.2) is 4.79 Å². The van der Waals surface area contributed by atoms with E-state index in [2.05, 4.69) is 5.32 Å². The smallest absolute Gasteiger partial charge is 0.326 e. The molecule has 5 heteroatoms. The van der Waals surface area contributed by atoms with Gasteiger partial charge in [-0.05, 0) is 24.0 Å². The van der Waals surface area contributed by atoms with Crippen molar-refractivity contribution < 1.29 is 19.4 Å². The minimum absolute atomic E-state index is 0.183. The van der Waals surface area contributed by atoms with Crippen LogP contribution in [0.15, 0.2) is 24.3 Å². The van der Waals surface area contributed by atoms with Gasteiger partial charge in [-0.15, -0.1) is 0 Å². The maximum atomic E-state index is 11.8. The van der Waals surface area contributed by atoms with Crippen molar-refractivity contribution in [2.24, 2.45) is 0 Å². The number of hydrogen-bond acceptors (Lipinski definition) is 3. The highest BCUT2D eigenvalue weighted by molar-refractivity contribution is 5.84. The van der Waals surface area contributed by atoms with Gasteiger partial charge in [-0.2, -0.15) is 0 Å². The summed E-state index contributed by atoms with van der Waals surface area (Å²) < 4.78 is 5.51. The van der Waals surface area contributed by atoms with Gasteiger partial charge in [0, 0.05) is 0 Å². The Labute approximate surface area is 125 Å². The molecule has 0 spiro atoms. The molecular weight excluding hydrogens is 270 g/mol. The summed E-state index contributed by atoms with van der Waals surface area (Å²) in [6.45, 7) is 5.78. The topological polar surface area (TPSA) is 75.6 Å². The first-order valence-electron chi connectivity index (χ1n) is 7.19. The highest BCUT2D eigenvalue weighted by Crippen LogP contribution is 2.25. The predicted octanol–water partition coefficient (Wildman–Crippen LogP) is 2.56. The minimum atomic E-state index is -1.02. The Hall–Kier alpha value is -2.04. The van der Waals surface area contributed by atoms with E-state index in [4.69, 9.17) is 9.84 Å². The average Bonchev–Trinajstić information content (AvgIpc) is 2.44. The van der Waals surface area contributed by atoms with Crippen LogP contribution in [0.4, 0.5) is 0 Å². The molecule has 0 aliphatic rings. The molecule has 0 radical (unpaired) electrons. The van der Waals surface area contributed by atoms with Crippen LogP contribution in [-0.2, 0) is 9.59 Å². The first kappa shape index (κ1) is 17.0. The average molecular weight is 293 g/mol. The van der Waals surface area contributed by atoms with Crippen molar-refractivity contribution in [3.05, 3.63) is 29.8 Å². The third-order valence-corrected chi connectivity index (χ3v) is 3.11. The molecule has 0 saturated heterocycles. The van der Waals surface area contributed by atoms with E-state index >= 15 is 0 Å². The van der Waals surface area contributed by atoms with Crippen LogP contribution in [-0.4, -0.2) is 29.6 Å². The molecule has 21 heavy (non-hydrogen) atoms. The Bertz CT molecular complexity index is 485. The molecule has 1 atom stereocenters. The van der Waals surface area contributed by atoms with Crippen LogP contribution in [0.1, 0.15) is 45.1 Å². The summed E-state index contributed by atoms with van der Waals surface area (Å²) >= 11 is 0. The van der Waals surface area contributed by atoms with E-state index in [1.807, 2.05) is 45.0 Å². The SMILES string of the molecule is CCC[C@H](NC(=O)COc1ccccc1C(C)C)C(=O)O. The predicted molar refractivity (Wildman–Crippen MR) is 80.5 cm³/mol. The minimum Gasteiger partial charge on any atom is -0.483 e. The van der Waals surface area contributed by atoms with Gasteiger partial charge in [0.1, 0.15) is 11.8 Å². The Morgan fingerprint density at radius 1 is 1.29 bits per heavy atom. The Morgan fingerprint density at radius 3 is 2.52 bits per heavy atom. The van der Waals surface area contributed by atoms with Gasteiger partial charge < -0.3 is 15.2 Å². The van der Waals surface area contributed by atoms with Crippen molar-refractivity contribution >= 4 is 11.9 Å². The maximum Gasteiger partial charge on any atom is 0.326 e. The number of aliphatic carboxylic acids is 1. The number of para-hydroxylation sites is 1. The molecule has 0 heterocycles. The molecule has 2 N–H and O–H groups in total. The summed E-state index contributed by atoms with van der Waals surface area (Å²) in [7, 11) is 0. The molecule has 0 aliphatic carbocycles. The second-order valence-electron chi connectivity index (χ2n) is 5.23. The van der Waals surface area contributed by atoms with Gasteiger partial charge in [-0.3, -0.25) is 4.79 Å². The Balaban J connectivity index is 2.59. The van der Waals surface area contributed by atoms with Crippen LogP contribution in [0.3, 0.4) is 0 Å². The summed E-state index contributed by atoms with van der Waals surface area (Å²) in [5.41, 5.74) is 1.02. The third-order valence-electron chi connectivity index (χ3n) is 3.11. The van der Waals surface area contributed by atoms with Gasteiger partial charge in [0.25, 0.3) is 5.91 Å². The summed E-state index contributed by atoms with van der Waals surface area (Å²) in [5, 5.41) is 11.5. The van der Waals surface area contributed by atoms with E-state index in [-0.39, 0.29) is 12.5 Å². The number of carboxylic acids is 1. The van der Waals surface area contributed by atoms with E-state index in [1.54, 1.807) is 0 Å². The van der Waals surface area contributed by atoms with E-state index in [9.17, 15) is 9.59 Å². The number of carbonyl (C=O) groups excluding carboxylic acids is 1. The fraction of sp³-hybridized carbons (Fsp3) is 0.500. The molecule has 0 aliphatic heterocycles. The lowest BCUT2D eigenvalue weighted by Gasteiger charge is -2.16. The van der Waals surface area contributed by atoms with Gasteiger partial charge in [-0.1, -0.05) is 45.4 Å². The number of nitrogens with one attached hydrogen (secondary N) is 1. The highest BCUT2D eigenvalue weighted by atomic mass is 16.5. The molecular formula is C16H23NO4. The normalized spacial score (nSPS) is 12.0. The van der Waals surface area contributed by atoms with Gasteiger partial charge >= 0.3 is 5.97 Å². The van der Waals surface area contributed by atoms with Crippen molar-refractivity contribution in [1.82, 2.24) is 5.32 Å². The van der Waals surface area contributed by atoms with E-state index < -0.39 is 17.9 Å². The van der Waals surface area contributed by atoms with Crippen molar-refractivity contribution in [2.45, 2.75) is 45.6 Å². The van der Waals surface area contributed by atoms with Crippen molar-refractivity contribution in [1.29, 1.82) is 0 Å². The highest BCUT2D eigenvalue weighted by Gasteiger charge is 2.19. The molecule has 0 unspecified atom stereocenters. The van der Waals surface area contributed by atoms with Crippen LogP contribution >= 0.6 is 0 Å². The maximum absolute atomic E-state index is 11.8. The molecule has 0 aromatic heterocycles. The van der Waals surface area contributed by atoms with Crippen LogP contribution in [0.25, 0.3) is 0 Å². The van der Waals surface area contributed by atoms with Crippen molar-refractivity contribution in [3.63, 3.8) is 0 Å². The molecule has 0 saturated carbocycles. The summed E-state index contributed by atoms with van der Waals surface area (Å²) in [6, 6.07) is 6.67. The van der Waals surface area contributed by atoms with E-state index in [0.717, 1.165) is 5.56 Å². The van der Waals surface area contributed by atoms with Crippen LogP contribution in [0.2, 0.25) is 0 Å². The van der Waals surface area contributed by atoms with Crippen molar-refractivity contribution in [3.8, 4) is 5.75 Å². The summed E-state index contributed by atoms with van der Waals surface area (Å²) in [4.78, 5) is 22.8. The molecule has 1 amide bonds. The Morgan fingerprint density at radius 2 is 1.95 bits per heavy atom. The van der Waals surface area contributed by atoms with E-state index in [1.165, 1.54) is 0 Å². The summed E-state index contributed by atoms with van der Waals surface area (Å²) in [5.74, 6) is -0.497. The fourth-order valence-electron chi connectivity index (χ4n) is 2.01. The molecule has 5 nitrogen and oxygen atoms in total. The van der Waals surface area contributed by atoms with Gasteiger partial charge in [0.2, 0.25) is 0 Å². The Kier molecular flexibility index (Phi) is 6.72. The lowest BCUT2D eigenvalue weighted by Crippen LogP contribution is -2.42. The van der Waals surface area contributed by atoms with Crippen LogP contribution < -0.4 is 10.1 Å². The number of carbonyl (C=O) groups is 2. The summed E-state index contributed by atoms with van der Waals surface area (Å²) in [6.07, 6.45) is 1.10.